The Morgan fingerprint density at radius 1 is 0.857 bits per heavy atom. The summed E-state index contributed by atoms with van der Waals surface area (Å²) in [5, 5.41) is 5.74. The van der Waals surface area contributed by atoms with Gasteiger partial charge in [0, 0.05) is 16.7 Å². The number of anilines is 1. The van der Waals surface area contributed by atoms with Gasteiger partial charge in [0.1, 0.15) is 11.0 Å². The smallest absolute Gasteiger partial charge is 0.292 e. The Morgan fingerprint density at radius 3 is 2.18 bits per heavy atom. The van der Waals surface area contributed by atoms with Crippen molar-refractivity contribution in [3.63, 3.8) is 0 Å². The lowest BCUT2D eigenvalue weighted by atomic mass is 10.1. The fourth-order valence-electron chi connectivity index (χ4n) is 2.39. The third-order valence-corrected chi connectivity index (χ3v) is 4.80. The van der Waals surface area contributed by atoms with Crippen molar-refractivity contribution in [1.82, 2.24) is 10.3 Å². The molecule has 0 spiro atoms. The third-order valence-electron chi connectivity index (χ3n) is 3.65. The molecule has 0 atom stereocenters. The number of benzene rings is 2. The molecule has 0 saturated heterocycles. The van der Waals surface area contributed by atoms with Crippen LogP contribution < -0.4 is 10.6 Å². The lowest BCUT2D eigenvalue weighted by molar-refractivity contribution is 0.0967. The molecule has 0 saturated carbocycles. The van der Waals surface area contributed by atoms with Gasteiger partial charge in [-0.1, -0.05) is 70.7 Å². The molecule has 3 amide bonds. The number of urea groups is 1. The summed E-state index contributed by atoms with van der Waals surface area (Å²) in [5.74, 6) is -0.574. The number of amides is 3. The first-order chi connectivity index (χ1) is 13.3. The van der Waals surface area contributed by atoms with Crippen molar-refractivity contribution in [2.75, 3.05) is 5.32 Å². The molecule has 3 aromatic rings. The highest BCUT2D eigenvalue weighted by Gasteiger charge is 2.16. The molecule has 1 heterocycles. The number of pyridine rings is 1. The average molecular weight is 455 g/mol. The molecule has 0 radical (unpaired) electrons. The summed E-state index contributed by atoms with van der Waals surface area (Å²) in [4.78, 5) is 28.3. The summed E-state index contributed by atoms with van der Waals surface area (Å²) < 4.78 is 0. The minimum atomic E-state index is -0.802. The van der Waals surface area contributed by atoms with Gasteiger partial charge in [0.25, 0.3) is 5.91 Å². The molecule has 2 aromatic carbocycles. The predicted octanol–water partition coefficient (Wildman–Crippen LogP) is 6.32. The van der Waals surface area contributed by atoms with Gasteiger partial charge in [-0.2, -0.15) is 0 Å². The number of nitrogens with one attached hydrogen (secondary N) is 2. The van der Waals surface area contributed by atoms with Gasteiger partial charge < -0.3 is 0 Å². The highest BCUT2D eigenvalue weighted by molar-refractivity contribution is 6.39. The summed E-state index contributed by atoms with van der Waals surface area (Å²) in [5.41, 5.74) is 1.39. The second-order valence-electron chi connectivity index (χ2n) is 5.55. The van der Waals surface area contributed by atoms with Gasteiger partial charge in [-0.25, -0.2) is 9.78 Å². The first kappa shape index (κ1) is 20.4. The SMILES string of the molecule is O=C(NC(=O)c1ccccc1Cl)Nc1cc(Cl)c(-c2ccc(Cl)cc2)c(Cl)n1. The van der Waals surface area contributed by atoms with E-state index in [1.807, 2.05) is 0 Å². The quantitative estimate of drug-likeness (QED) is 0.454. The highest BCUT2D eigenvalue weighted by atomic mass is 35.5. The number of imide groups is 1. The Hall–Kier alpha value is -2.31. The Morgan fingerprint density at radius 2 is 1.54 bits per heavy atom. The second-order valence-corrected chi connectivity index (χ2v) is 7.16. The number of hydrogen-bond acceptors (Lipinski definition) is 3. The largest absolute Gasteiger partial charge is 0.327 e. The zero-order chi connectivity index (χ0) is 20.3. The van der Waals surface area contributed by atoms with Crippen LogP contribution in [-0.2, 0) is 0 Å². The van der Waals surface area contributed by atoms with E-state index in [0.29, 0.717) is 10.6 Å². The molecule has 3 rings (SSSR count). The van der Waals surface area contributed by atoms with E-state index in [0.717, 1.165) is 5.56 Å². The molecule has 1 aromatic heterocycles. The first-order valence-corrected chi connectivity index (χ1v) is 9.35. The van der Waals surface area contributed by atoms with E-state index < -0.39 is 11.9 Å². The number of carbonyl (C=O) groups is 2. The van der Waals surface area contributed by atoms with Crippen LogP contribution in [0.1, 0.15) is 10.4 Å². The number of carbonyl (C=O) groups excluding carboxylic acids is 2. The highest BCUT2D eigenvalue weighted by Crippen LogP contribution is 2.35. The molecule has 2 N–H and O–H groups in total. The van der Waals surface area contributed by atoms with Crippen LogP contribution in [0.15, 0.2) is 54.6 Å². The van der Waals surface area contributed by atoms with Crippen molar-refractivity contribution in [3.05, 3.63) is 80.4 Å². The molecular formula is C19H11Cl4N3O2. The Kier molecular flexibility index (Phi) is 6.42. The molecule has 0 aliphatic heterocycles. The zero-order valence-corrected chi connectivity index (χ0v) is 17.0. The van der Waals surface area contributed by atoms with E-state index >= 15 is 0 Å². The van der Waals surface area contributed by atoms with Crippen LogP contribution in [0.5, 0.6) is 0 Å². The van der Waals surface area contributed by atoms with Gasteiger partial charge >= 0.3 is 6.03 Å². The van der Waals surface area contributed by atoms with Gasteiger partial charge in [0.05, 0.1) is 15.6 Å². The summed E-state index contributed by atoms with van der Waals surface area (Å²) in [7, 11) is 0. The zero-order valence-electron chi connectivity index (χ0n) is 14.0. The minimum absolute atomic E-state index is 0.0807. The monoisotopic (exact) mass is 453 g/mol. The first-order valence-electron chi connectivity index (χ1n) is 7.84. The fourth-order valence-corrected chi connectivity index (χ4v) is 3.39. The van der Waals surface area contributed by atoms with E-state index in [-0.39, 0.29) is 26.6 Å². The molecule has 0 aliphatic rings. The van der Waals surface area contributed by atoms with E-state index in [2.05, 4.69) is 15.6 Å². The van der Waals surface area contributed by atoms with E-state index in [9.17, 15) is 9.59 Å². The lowest BCUT2D eigenvalue weighted by Gasteiger charge is -2.11. The van der Waals surface area contributed by atoms with Gasteiger partial charge in [0.2, 0.25) is 0 Å². The van der Waals surface area contributed by atoms with Crippen molar-refractivity contribution in [3.8, 4) is 11.1 Å². The van der Waals surface area contributed by atoms with Crippen LogP contribution in [0.3, 0.4) is 0 Å². The van der Waals surface area contributed by atoms with Crippen molar-refractivity contribution < 1.29 is 9.59 Å². The summed E-state index contributed by atoms with van der Waals surface area (Å²) in [6, 6.07) is 13.9. The topological polar surface area (TPSA) is 71.1 Å². The number of halogens is 4. The van der Waals surface area contributed by atoms with Crippen LogP contribution in [-0.4, -0.2) is 16.9 Å². The molecule has 5 nitrogen and oxygen atoms in total. The summed E-state index contributed by atoms with van der Waals surface area (Å²) in [6.07, 6.45) is 0. The standard InChI is InChI=1S/C19H11Cl4N3O2/c20-11-7-5-10(6-8-11)16-14(22)9-15(24-17(16)23)25-19(28)26-18(27)12-3-1-2-4-13(12)21/h1-9H,(H2,24,25,26,27,28). The normalized spacial score (nSPS) is 10.4. The minimum Gasteiger partial charge on any atom is -0.292 e. The maximum Gasteiger partial charge on any atom is 0.327 e. The predicted molar refractivity (Wildman–Crippen MR) is 113 cm³/mol. The second kappa shape index (κ2) is 8.80. The maximum absolute atomic E-state index is 12.1. The maximum atomic E-state index is 12.1. The van der Waals surface area contributed by atoms with Crippen LogP contribution in [0.2, 0.25) is 20.2 Å². The van der Waals surface area contributed by atoms with Gasteiger partial charge in [-0.05, 0) is 29.8 Å². The van der Waals surface area contributed by atoms with Gasteiger partial charge in [-0.15, -0.1) is 0 Å². The third kappa shape index (κ3) is 4.75. The van der Waals surface area contributed by atoms with Crippen molar-refractivity contribution >= 4 is 64.2 Å². The molecule has 0 bridgehead atoms. The van der Waals surface area contributed by atoms with E-state index in [1.165, 1.54) is 12.1 Å². The Balaban J connectivity index is 1.76. The van der Waals surface area contributed by atoms with Crippen LogP contribution in [0.25, 0.3) is 11.1 Å². The van der Waals surface area contributed by atoms with Crippen molar-refractivity contribution in [1.29, 1.82) is 0 Å². The number of aromatic nitrogens is 1. The average Bonchev–Trinajstić information content (AvgIpc) is 2.63. The molecule has 0 fully saturated rings. The molecule has 28 heavy (non-hydrogen) atoms. The molecular weight excluding hydrogens is 444 g/mol. The number of hydrogen-bond donors (Lipinski definition) is 2. The van der Waals surface area contributed by atoms with Crippen LogP contribution in [0, 0.1) is 0 Å². The van der Waals surface area contributed by atoms with Crippen molar-refractivity contribution in [2.24, 2.45) is 0 Å². The van der Waals surface area contributed by atoms with E-state index in [4.69, 9.17) is 46.4 Å². The number of nitrogens with zero attached hydrogens (tertiary/aromatic N) is 1. The Labute approximate surface area is 180 Å². The Bertz CT molecular complexity index is 1030. The lowest BCUT2D eigenvalue weighted by Crippen LogP contribution is -2.34. The van der Waals surface area contributed by atoms with Crippen LogP contribution in [0.4, 0.5) is 10.6 Å². The van der Waals surface area contributed by atoms with Crippen molar-refractivity contribution in [2.45, 2.75) is 0 Å². The fraction of sp³-hybridized carbons (Fsp3) is 0. The molecule has 0 unspecified atom stereocenters. The van der Waals surface area contributed by atoms with Gasteiger partial charge in [-0.3, -0.25) is 15.4 Å². The molecule has 142 valence electrons. The molecule has 0 aliphatic carbocycles. The molecule has 9 heteroatoms. The summed E-state index contributed by atoms with van der Waals surface area (Å²) >= 11 is 24.4. The summed E-state index contributed by atoms with van der Waals surface area (Å²) in [6.45, 7) is 0. The number of rotatable bonds is 3. The van der Waals surface area contributed by atoms with E-state index in [1.54, 1.807) is 42.5 Å². The van der Waals surface area contributed by atoms with Gasteiger partial charge in [0.15, 0.2) is 0 Å². The van der Waals surface area contributed by atoms with Crippen LogP contribution >= 0.6 is 46.4 Å².